The van der Waals surface area contributed by atoms with Crippen LogP contribution in [0.25, 0.3) is 10.1 Å². The van der Waals surface area contributed by atoms with Gasteiger partial charge in [-0.1, -0.05) is 18.5 Å². The lowest BCUT2D eigenvalue weighted by molar-refractivity contribution is -0.0244. The molecule has 3 rings (SSSR count). The van der Waals surface area contributed by atoms with Gasteiger partial charge in [0, 0.05) is 28.8 Å². The Morgan fingerprint density at radius 2 is 2.00 bits per heavy atom. The minimum Gasteiger partial charge on any atom is -0.444 e. The number of nitrogens with zero attached hydrogens (tertiary/aromatic N) is 3. The number of hydrogen-bond acceptors (Lipinski definition) is 6. The van der Waals surface area contributed by atoms with Crippen LogP contribution in [-0.2, 0) is 4.74 Å². The van der Waals surface area contributed by atoms with Crippen LogP contribution in [0.2, 0.25) is 5.15 Å². The first-order chi connectivity index (χ1) is 12.5. The number of ether oxygens (including phenoxy) is 1. The van der Waals surface area contributed by atoms with Gasteiger partial charge in [-0.05, 0) is 46.6 Å². The number of rotatable bonds is 2. The predicted octanol–water partition coefficient (Wildman–Crippen LogP) is 4.72. The molecule has 1 aliphatic rings. The highest BCUT2D eigenvalue weighted by molar-refractivity contribution is 7.19. The smallest absolute Gasteiger partial charge is 0.410 e. The van der Waals surface area contributed by atoms with Gasteiger partial charge < -0.3 is 14.7 Å². The number of likely N-dealkylation sites (tertiary alicyclic amines) is 1. The fraction of sp³-hybridized carbons (Fsp3) is 0.632. The quantitative estimate of drug-likeness (QED) is 0.773. The molecule has 1 amide bonds. The monoisotopic (exact) mass is 411 g/mol. The summed E-state index contributed by atoms with van der Waals surface area (Å²) < 4.78 is 6.41. The first kappa shape index (κ1) is 20.3. The molecule has 1 saturated heterocycles. The maximum Gasteiger partial charge on any atom is 0.410 e. The number of aliphatic hydroxyl groups is 1. The van der Waals surface area contributed by atoms with Gasteiger partial charge in [-0.2, -0.15) is 5.10 Å². The van der Waals surface area contributed by atoms with E-state index in [-0.39, 0.29) is 11.5 Å². The number of aliphatic hydroxyl groups excluding tert-OH is 1. The van der Waals surface area contributed by atoms with Gasteiger partial charge in [0.1, 0.15) is 5.60 Å². The van der Waals surface area contributed by atoms with Crippen molar-refractivity contribution in [1.29, 1.82) is 0 Å². The molecule has 148 valence electrons. The lowest BCUT2D eigenvalue weighted by Gasteiger charge is -2.42. The Labute approximate surface area is 168 Å². The van der Waals surface area contributed by atoms with E-state index in [1.807, 2.05) is 33.8 Å². The second kappa shape index (κ2) is 7.18. The second-order valence-electron chi connectivity index (χ2n) is 8.49. The van der Waals surface area contributed by atoms with Crippen LogP contribution in [0.5, 0.6) is 0 Å². The first-order valence-corrected chi connectivity index (χ1v) is 10.3. The van der Waals surface area contributed by atoms with Crippen molar-refractivity contribution in [2.75, 3.05) is 13.1 Å². The minimum absolute atomic E-state index is 0.291. The number of aryl methyl sites for hydroxylation is 1. The molecule has 0 spiro atoms. The molecule has 27 heavy (non-hydrogen) atoms. The fourth-order valence-electron chi connectivity index (χ4n) is 3.33. The van der Waals surface area contributed by atoms with Crippen LogP contribution in [0.15, 0.2) is 6.07 Å². The lowest BCUT2D eigenvalue weighted by atomic mass is 9.75. The van der Waals surface area contributed by atoms with E-state index in [9.17, 15) is 9.90 Å². The summed E-state index contributed by atoms with van der Waals surface area (Å²) in [5.74, 6) is 0. The van der Waals surface area contributed by atoms with E-state index >= 15 is 0 Å². The highest BCUT2D eigenvalue weighted by atomic mass is 35.5. The Hall–Kier alpha value is -1.44. The molecule has 3 heterocycles. The Kier molecular flexibility index (Phi) is 5.40. The van der Waals surface area contributed by atoms with Crippen LogP contribution in [-0.4, -0.2) is 45.0 Å². The lowest BCUT2D eigenvalue weighted by Crippen LogP contribution is -2.46. The maximum absolute atomic E-state index is 12.3. The number of carbonyl (C=O) groups is 1. The standard InChI is InChI=1S/C19H26ClN3O3S/c1-11-14-12(16(20)22-21-11)10-13(27-14)15(24)19(5)6-8-23(9-7-19)17(25)26-18(2,3)4/h10,15,24H,6-9H2,1-5H3. The summed E-state index contributed by atoms with van der Waals surface area (Å²) in [5, 5.41) is 20.3. The normalized spacial score (nSPS) is 18.6. The maximum atomic E-state index is 12.3. The highest BCUT2D eigenvalue weighted by Crippen LogP contribution is 2.46. The van der Waals surface area contributed by atoms with Crippen LogP contribution < -0.4 is 0 Å². The molecule has 1 N–H and O–H groups in total. The third kappa shape index (κ3) is 4.20. The number of fused-ring (bicyclic) bond motifs is 1. The van der Waals surface area contributed by atoms with Gasteiger partial charge in [0.2, 0.25) is 0 Å². The summed E-state index contributed by atoms with van der Waals surface area (Å²) in [5.41, 5.74) is -0.0170. The summed E-state index contributed by atoms with van der Waals surface area (Å²) in [4.78, 5) is 14.9. The Balaban J connectivity index is 1.74. The van der Waals surface area contributed by atoms with E-state index in [0.717, 1.165) is 20.7 Å². The molecule has 0 aliphatic carbocycles. The van der Waals surface area contributed by atoms with E-state index in [0.29, 0.717) is 31.1 Å². The summed E-state index contributed by atoms with van der Waals surface area (Å²) in [6.07, 6.45) is 0.474. The first-order valence-electron chi connectivity index (χ1n) is 9.08. The van der Waals surface area contributed by atoms with Crippen LogP contribution >= 0.6 is 22.9 Å². The van der Waals surface area contributed by atoms with Crippen molar-refractivity contribution in [2.45, 2.75) is 59.2 Å². The van der Waals surface area contributed by atoms with E-state index < -0.39 is 11.7 Å². The molecule has 8 heteroatoms. The summed E-state index contributed by atoms with van der Waals surface area (Å²) in [7, 11) is 0. The summed E-state index contributed by atoms with van der Waals surface area (Å²) >= 11 is 7.68. The molecule has 2 aromatic rings. The number of amides is 1. The summed E-state index contributed by atoms with van der Waals surface area (Å²) in [6, 6.07) is 1.92. The van der Waals surface area contributed by atoms with Crippen molar-refractivity contribution in [3.05, 3.63) is 21.8 Å². The Morgan fingerprint density at radius 1 is 1.37 bits per heavy atom. The zero-order chi connectivity index (χ0) is 20.0. The third-order valence-electron chi connectivity index (χ3n) is 5.08. The highest BCUT2D eigenvalue weighted by Gasteiger charge is 2.40. The molecule has 1 atom stereocenters. The Bertz CT molecular complexity index is 815. The van der Waals surface area contributed by atoms with Crippen LogP contribution in [0.4, 0.5) is 4.79 Å². The van der Waals surface area contributed by atoms with Gasteiger partial charge in [0.25, 0.3) is 0 Å². The van der Waals surface area contributed by atoms with Gasteiger partial charge in [0.05, 0.1) is 16.5 Å². The number of carbonyl (C=O) groups excluding carboxylic acids is 1. The van der Waals surface area contributed by atoms with E-state index in [2.05, 4.69) is 17.1 Å². The molecule has 2 aromatic heterocycles. The number of halogens is 1. The molecule has 1 unspecified atom stereocenters. The van der Waals surface area contributed by atoms with Crippen molar-refractivity contribution in [3.63, 3.8) is 0 Å². The topological polar surface area (TPSA) is 75.6 Å². The molecule has 1 fully saturated rings. The summed E-state index contributed by atoms with van der Waals surface area (Å²) in [6.45, 7) is 10.7. The molecular weight excluding hydrogens is 386 g/mol. The van der Waals surface area contributed by atoms with Crippen molar-refractivity contribution in [2.24, 2.45) is 5.41 Å². The molecule has 0 bridgehead atoms. The van der Waals surface area contributed by atoms with Crippen molar-refractivity contribution in [3.8, 4) is 0 Å². The van der Waals surface area contributed by atoms with Gasteiger partial charge in [-0.15, -0.1) is 16.4 Å². The van der Waals surface area contributed by atoms with Crippen molar-refractivity contribution in [1.82, 2.24) is 15.1 Å². The zero-order valence-corrected chi connectivity index (χ0v) is 17.9. The van der Waals surface area contributed by atoms with Gasteiger partial charge in [0.15, 0.2) is 5.15 Å². The average Bonchev–Trinajstić information content (AvgIpc) is 3.03. The van der Waals surface area contributed by atoms with Crippen molar-refractivity contribution < 1.29 is 14.6 Å². The van der Waals surface area contributed by atoms with Gasteiger partial charge in [-0.25, -0.2) is 4.79 Å². The van der Waals surface area contributed by atoms with E-state index in [1.165, 1.54) is 11.3 Å². The molecule has 0 saturated carbocycles. The van der Waals surface area contributed by atoms with E-state index in [1.54, 1.807) is 4.90 Å². The largest absolute Gasteiger partial charge is 0.444 e. The third-order valence-corrected chi connectivity index (χ3v) is 6.65. The minimum atomic E-state index is -0.633. The van der Waals surface area contributed by atoms with Crippen LogP contribution in [0, 0.1) is 12.3 Å². The number of hydrogen-bond donors (Lipinski definition) is 1. The number of aromatic nitrogens is 2. The van der Waals surface area contributed by atoms with E-state index in [4.69, 9.17) is 16.3 Å². The second-order valence-corrected chi connectivity index (χ2v) is 9.93. The van der Waals surface area contributed by atoms with Gasteiger partial charge in [-0.3, -0.25) is 0 Å². The molecule has 0 aromatic carbocycles. The SMILES string of the molecule is Cc1nnc(Cl)c2cc(C(O)C3(C)CCN(C(=O)OC(C)(C)C)CC3)sc12. The molecular formula is C19H26ClN3O3S. The van der Waals surface area contributed by atoms with Crippen LogP contribution in [0.1, 0.15) is 57.2 Å². The fourth-order valence-corrected chi connectivity index (χ4v) is 4.83. The van der Waals surface area contributed by atoms with Crippen LogP contribution in [0.3, 0.4) is 0 Å². The molecule has 1 aliphatic heterocycles. The van der Waals surface area contributed by atoms with Crippen molar-refractivity contribution >= 4 is 39.1 Å². The average molecular weight is 412 g/mol. The molecule has 6 nitrogen and oxygen atoms in total. The zero-order valence-electron chi connectivity index (χ0n) is 16.4. The van der Waals surface area contributed by atoms with Gasteiger partial charge >= 0.3 is 6.09 Å². The predicted molar refractivity (Wildman–Crippen MR) is 107 cm³/mol. The number of piperidine rings is 1. The number of thiophene rings is 1. The molecule has 0 radical (unpaired) electrons. The Morgan fingerprint density at radius 3 is 2.56 bits per heavy atom.